The van der Waals surface area contributed by atoms with Crippen LogP contribution in [0.2, 0.25) is 0 Å². The van der Waals surface area contributed by atoms with E-state index in [1.165, 1.54) is 17.5 Å². The largest absolute Gasteiger partial charge is 0.618 e. The molecule has 2 rings (SSSR count). The van der Waals surface area contributed by atoms with Gasteiger partial charge in [0.15, 0.2) is 10.1 Å². The van der Waals surface area contributed by atoms with Gasteiger partial charge >= 0.3 is 0 Å². The van der Waals surface area contributed by atoms with Gasteiger partial charge in [0.25, 0.3) is 5.91 Å². The third kappa shape index (κ3) is 3.01. The number of carbonyl (C=O) groups excluding carboxylic acids is 1. The molecule has 0 aliphatic rings. The van der Waals surface area contributed by atoms with E-state index in [4.69, 9.17) is 0 Å². The van der Waals surface area contributed by atoms with Gasteiger partial charge in [0, 0.05) is 17.5 Å². The summed E-state index contributed by atoms with van der Waals surface area (Å²) in [4.78, 5) is 15.6. The van der Waals surface area contributed by atoms with E-state index in [-0.39, 0.29) is 12.5 Å². The third-order valence-electron chi connectivity index (χ3n) is 2.04. The fourth-order valence-electron chi connectivity index (χ4n) is 1.22. The molecule has 0 saturated heterocycles. The lowest BCUT2D eigenvalue weighted by atomic mass is 10.3. The predicted octanol–water partition coefficient (Wildman–Crippen LogP) is 1.47. The van der Waals surface area contributed by atoms with Gasteiger partial charge in [-0.2, -0.15) is 4.73 Å². The van der Waals surface area contributed by atoms with Gasteiger partial charge < -0.3 is 10.5 Å². The first-order valence-corrected chi connectivity index (χ1v) is 6.40. The molecule has 2 heterocycles. The Kier molecular flexibility index (Phi) is 3.70. The molecule has 2 aromatic rings. The summed E-state index contributed by atoms with van der Waals surface area (Å²) in [6.07, 6.45) is 1.39. The lowest BCUT2D eigenvalue weighted by Gasteiger charge is -2.04. The van der Waals surface area contributed by atoms with E-state index in [1.54, 1.807) is 23.6 Å². The number of nitrogens with one attached hydrogen (secondary N) is 1. The van der Waals surface area contributed by atoms with Crippen LogP contribution in [0.5, 0.6) is 0 Å². The van der Waals surface area contributed by atoms with Gasteiger partial charge in [0.2, 0.25) is 5.69 Å². The summed E-state index contributed by atoms with van der Waals surface area (Å²) in [5, 5.41) is 15.6. The van der Waals surface area contributed by atoms with Crippen LogP contribution in [0.15, 0.2) is 33.7 Å². The van der Waals surface area contributed by atoms with Crippen LogP contribution in [0.4, 0.5) is 0 Å². The van der Waals surface area contributed by atoms with E-state index in [0.717, 1.165) is 4.73 Å². The molecule has 17 heavy (non-hydrogen) atoms. The van der Waals surface area contributed by atoms with Crippen molar-refractivity contribution in [2.24, 2.45) is 0 Å². The summed E-state index contributed by atoms with van der Waals surface area (Å²) in [5.41, 5.74) is 0.824. The van der Waals surface area contributed by atoms with E-state index in [2.05, 4.69) is 26.2 Å². The zero-order valence-electron chi connectivity index (χ0n) is 8.59. The Morgan fingerprint density at radius 1 is 1.59 bits per heavy atom. The standard InChI is InChI=1S/C10H8BrN3O2S/c11-10-13-8(6-17-10)9(15)12-5-7-3-1-2-4-14(7)16/h1-4,6H,5H2,(H,12,15). The lowest BCUT2D eigenvalue weighted by molar-refractivity contribution is -0.614. The monoisotopic (exact) mass is 313 g/mol. The van der Waals surface area contributed by atoms with Crippen molar-refractivity contribution < 1.29 is 9.52 Å². The molecule has 2 aromatic heterocycles. The summed E-state index contributed by atoms with van der Waals surface area (Å²) < 4.78 is 1.37. The van der Waals surface area contributed by atoms with Crippen molar-refractivity contribution >= 4 is 33.2 Å². The van der Waals surface area contributed by atoms with E-state index in [1.807, 2.05) is 0 Å². The molecule has 5 nitrogen and oxygen atoms in total. The second-order valence-corrected chi connectivity index (χ2v) is 5.32. The quantitative estimate of drug-likeness (QED) is 0.689. The number of halogens is 1. The van der Waals surface area contributed by atoms with E-state index in [0.29, 0.717) is 15.3 Å². The maximum Gasteiger partial charge on any atom is 0.271 e. The number of carbonyl (C=O) groups is 1. The molecule has 7 heteroatoms. The molecule has 0 atom stereocenters. The Morgan fingerprint density at radius 3 is 3.06 bits per heavy atom. The Hall–Kier alpha value is -1.47. The van der Waals surface area contributed by atoms with E-state index in [9.17, 15) is 10.0 Å². The molecule has 1 N–H and O–H groups in total. The van der Waals surface area contributed by atoms with Crippen LogP contribution < -0.4 is 10.0 Å². The lowest BCUT2D eigenvalue weighted by Crippen LogP contribution is -2.35. The van der Waals surface area contributed by atoms with E-state index >= 15 is 0 Å². The fraction of sp³-hybridized carbons (Fsp3) is 0.100. The number of pyridine rings is 1. The van der Waals surface area contributed by atoms with Crippen molar-refractivity contribution in [1.82, 2.24) is 10.3 Å². The summed E-state index contributed by atoms with van der Waals surface area (Å²) in [6.45, 7) is 0.179. The number of amides is 1. The summed E-state index contributed by atoms with van der Waals surface area (Å²) >= 11 is 4.52. The molecule has 0 unspecified atom stereocenters. The van der Waals surface area contributed by atoms with Crippen LogP contribution in [0.1, 0.15) is 16.2 Å². The van der Waals surface area contributed by atoms with Crippen molar-refractivity contribution in [1.29, 1.82) is 0 Å². The number of thiazole rings is 1. The fourth-order valence-corrected chi connectivity index (χ4v) is 2.21. The minimum absolute atomic E-state index is 0.179. The number of nitrogens with zero attached hydrogens (tertiary/aromatic N) is 2. The SMILES string of the molecule is O=C(NCc1cccc[n+]1[O-])c1csc(Br)n1. The van der Waals surface area contributed by atoms with Crippen LogP contribution in [-0.4, -0.2) is 10.9 Å². The van der Waals surface area contributed by atoms with Crippen molar-refractivity contribution in [3.63, 3.8) is 0 Å². The van der Waals surface area contributed by atoms with Gasteiger partial charge in [-0.3, -0.25) is 4.79 Å². The maximum absolute atomic E-state index is 11.6. The molecule has 1 amide bonds. The van der Waals surface area contributed by atoms with Gasteiger partial charge in [-0.15, -0.1) is 11.3 Å². The second-order valence-electron chi connectivity index (χ2n) is 3.19. The van der Waals surface area contributed by atoms with Crippen molar-refractivity contribution in [3.05, 3.63) is 50.3 Å². The molecule has 0 radical (unpaired) electrons. The first-order chi connectivity index (χ1) is 8.16. The van der Waals surface area contributed by atoms with Crippen molar-refractivity contribution in [2.75, 3.05) is 0 Å². The van der Waals surface area contributed by atoms with Gasteiger partial charge in [-0.25, -0.2) is 4.98 Å². The second kappa shape index (κ2) is 5.24. The first-order valence-electron chi connectivity index (χ1n) is 4.73. The smallest absolute Gasteiger partial charge is 0.271 e. The Labute approximate surface area is 110 Å². The maximum atomic E-state index is 11.6. The zero-order valence-corrected chi connectivity index (χ0v) is 11.0. The number of hydrogen-bond donors (Lipinski definition) is 1. The molecule has 0 aliphatic heterocycles. The van der Waals surface area contributed by atoms with Crippen LogP contribution in [0, 0.1) is 5.21 Å². The topological polar surface area (TPSA) is 68.9 Å². The van der Waals surface area contributed by atoms with Crippen LogP contribution in [-0.2, 0) is 6.54 Å². The highest BCUT2D eigenvalue weighted by Crippen LogP contribution is 2.15. The molecule has 88 valence electrons. The van der Waals surface area contributed by atoms with Crippen LogP contribution in [0.25, 0.3) is 0 Å². The Balaban J connectivity index is 1.99. The van der Waals surface area contributed by atoms with Gasteiger partial charge in [-0.05, 0) is 22.0 Å². The minimum Gasteiger partial charge on any atom is -0.618 e. The molecule has 0 bridgehead atoms. The molecule has 0 saturated carbocycles. The zero-order chi connectivity index (χ0) is 12.3. The van der Waals surface area contributed by atoms with E-state index < -0.39 is 0 Å². The molecular formula is C10H8BrN3O2S. The van der Waals surface area contributed by atoms with Gasteiger partial charge in [-0.1, -0.05) is 0 Å². The first kappa shape index (κ1) is 12.0. The summed E-state index contributed by atoms with van der Waals surface area (Å²) in [6, 6.07) is 5.04. The summed E-state index contributed by atoms with van der Waals surface area (Å²) in [7, 11) is 0. The molecule has 0 spiro atoms. The normalized spacial score (nSPS) is 10.2. The van der Waals surface area contributed by atoms with Crippen LogP contribution >= 0.6 is 27.3 Å². The van der Waals surface area contributed by atoms with Gasteiger partial charge in [0.1, 0.15) is 12.2 Å². The highest BCUT2D eigenvalue weighted by Gasteiger charge is 2.11. The summed E-state index contributed by atoms with van der Waals surface area (Å²) in [5.74, 6) is -0.296. The molecule has 0 aromatic carbocycles. The molecule has 0 fully saturated rings. The minimum atomic E-state index is -0.296. The Morgan fingerprint density at radius 2 is 2.41 bits per heavy atom. The van der Waals surface area contributed by atoms with Crippen molar-refractivity contribution in [2.45, 2.75) is 6.54 Å². The van der Waals surface area contributed by atoms with Crippen LogP contribution in [0.3, 0.4) is 0 Å². The molecular weight excluding hydrogens is 306 g/mol. The molecule has 0 aliphatic carbocycles. The number of hydrogen-bond acceptors (Lipinski definition) is 4. The highest BCUT2D eigenvalue weighted by molar-refractivity contribution is 9.11. The Bertz CT molecular complexity index is 544. The number of rotatable bonds is 3. The van der Waals surface area contributed by atoms with Crippen molar-refractivity contribution in [3.8, 4) is 0 Å². The highest BCUT2D eigenvalue weighted by atomic mass is 79.9. The average Bonchev–Trinajstić information content (AvgIpc) is 2.74. The van der Waals surface area contributed by atoms with Gasteiger partial charge in [0.05, 0.1) is 0 Å². The predicted molar refractivity (Wildman–Crippen MR) is 66.4 cm³/mol. The average molecular weight is 314 g/mol. The number of aromatic nitrogens is 2. The third-order valence-corrected chi connectivity index (χ3v) is 3.41.